The second kappa shape index (κ2) is 8.01. The van der Waals surface area contributed by atoms with Gasteiger partial charge in [-0.2, -0.15) is 5.01 Å². The Hall–Kier alpha value is -1.70. The van der Waals surface area contributed by atoms with Gasteiger partial charge in [-0.25, -0.2) is 5.01 Å². The number of hydrazine groups is 1. The van der Waals surface area contributed by atoms with Crippen LogP contribution in [0.25, 0.3) is 0 Å². The molecule has 6 atom stereocenters. The summed E-state index contributed by atoms with van der Waals surface area (Å²) in [4.78, 5) is 40.9. The maximum atomic E-state index is 13.6. The smallest absolute Gasteiger partial charge is 0.272 e. The van der Waals surface area contributed by atoms with Crippen LogP contribution in [0.4, 0.5) is 0 Å². The van der Waals surface area contributed by atoms with Crippen LogP contribution in [-0.2, 0) is 16.1 Å². The summed E-state index contributed by atoms with van der Waals surface area (Å²) in [5.74, 6) is -1.68. The number of hydrogen-bond acceptors (Lipinski definition) is 3. The topological polar surface area (TPSA) is 57.7 Å². The van der Waals surface area contributed by atoms with Crippen LogP contribution in [0.2, 0.25) is 5.02 Å². The third-order valence-corrected chi connectivity index (χ3v) is 10.3. The SMILES string of the molecule is O=C(c1ccccc1Cl)N(Cc1ccccc1)N1C(=O)[C@@H]2[C@H]3C[C@@H]([C@H](Br)[C@H]3Br)[C@H]2C1=O. The van der Waals surface area contributed by atoms with Crippen LogP contribution in [0.15, 0.2) is 54.6 Å². The zero-order valence-corrected chi connectivity index (χ0v) is 20.3. The molecule has 1 saturated heterocycles. The van der Waals surface area contributed by atoms with Crippen LogP contribution in [0.1, 0.15) is 22.3 Å². The van der Waals surface area contributed by atoms with Crippen LogP contribution in [0, 0.1) is 23.7 Å². The second-order valence-electron chi connectivity index (χ2n) is 8.32. The minimum atomic E-state index is -0.464. The predicted octanol–water partition coefficient (Wildman–Crippen LogP) is 4.68. The molecule has 2 aliphatic carbocycles. The predicted molar refractivity (Wildman–Crippen MR) is 124 cm³/mol. The molecule has 3 aliphatic rings. The van der Waals surface area contributed by atoms with Crippen molar-refractivity contribution in [3.05, 3.63) is 70.7 Å². The van der Waals surface area contributed by atoms with E-state index in [2.05, 4.69) is 31.9 Å². The van der Waals surface area contributed by atoms with Crippen LogP contribution in [0.3, 0.4) is 0 Å². The molecule has 8 heteroatoms. The summed E-state index contributed by atoms with van der Waals surface area (Å²) in [7, 11) is 0. The average molecular weight is 567 g/mol. The third-order valence-electron chi connectivity index (χ3n) is 6.72. The first-order valence-electron chi connectivity index (χ1n) is 10.2. The molecule has 1 aliphatic heterocycles. The minimum Gasteiger partial charge on any atom is -0.272 e. The van der Waals surface area contributed by atoms with Crippen molar-refractivity contribution >= 4 is 61.2 Å². The molecule has 2 bridgehead atoms. The maximum absolute atomic E-state index is 13.6. The van der Waals surface area contributed by atoms with E-state index in [4.69, 9.17) is 11.6 Å². The Balaban J connectivity index is 1.54. The van der Waals surface area contributed by atoms with Gasteiger partial charge in [-0.1, -0.05) is 85.9 Å². The van der Waals surface area contributed by atoms with Gasteiger partial charge in [-0.3, -0.25) is 14.4 Å². The van der Waals surface area contributed by atoms with E-state index < -0.39 is 17.7 Å². The summed E-state index contributed by atoms with van der Waals surface area (Å²) in [5.41, 5.74) is 1.08. The van der Waals surface area contributed by atoms with Crippen LogP contribution in [0.5, 0.6) is 0 Å². The maximum Gasteiger partial charge on any atom is 0.274 e. The number of carbonyl (C=O) groups is 3. The number of halogens is 3. The van der Waals surface area contributed by atoms with Crippen molar-refractivity contribution in [2.24, 2.45) is 23.7 Å². The van der Waals surface area contributed by atoms with Crippen LogP contribution >= 0.6 is 43.5 Å². The molecule has 0 N–H and O–H groups in total. The van der Waals surface area contributed by atoms with Crippen LogP contribution in [-0.4, -0.2) is 37.4 Å². The van der Waals surface area contributed by atoms with E-state index in [1.807, 2.05) is 30.3 Å². The fourth-order valence-electron chi connectivity index (χ4n) is 5.33. The van der Waals surface area contributed by atoms with Crippen molar-refractivity contribution in [2.75, 3.05) is 0 Å². The highest BCUT2D eigenvalue weighted by molar-refractivity contribution is 9.12. The van der Waals surface area contributed by atoms with Gasteiger partial charge in [0.25, 0.3) is 17.7 Å². The van der Waals surface area contributed by atoms with E-state index >= 15 is 0 Å². The van der Waals surface area contributed by atoms with Gasteiger partial charge in [0.1, 0.15) is 0 Å². The number of hydrogen-bond donors (Lipinski definition) is 0. The Kier molecular flexibility index (Phi) is 5.47. The normalized spacial score (nSPS) is 31.3. The van der Waals surface area contributed by atoms with Gasteiger partial charge in [0.2, 0.25) is 0 Å². The highest BCUT2D eigenvalue weighted by Gasteiger charge is 2.67. The standard InChI is InChI=1S/C23H19Br2ClN2O3/c24-19-14-10-15(20(19)25)18-17(14)22(30)28(23(18)31)27(11-12-6-2-1-3-7-12)21(29)13-8-4-5-9-16(13)26/h1-9,14-15,17-20H,10-11H2/t14-,15-,17-,18-,19+,20+/m1/s1. The lowest BCUT2D eigenvalue weighted by Gasteiger charge is -2.31. The zero-order chi connectivity index (χ0) is 21.9. The highest BCUT2D eigenvalue weighted by Crippen LogP contribution is 2.60. The van der Waals surface area contributed by atoms with Crippen molar-refractivity contribution in [3.8, 4) is 0 Å². The number of nitrogens with zero attached hydrogens (tertiary/aromatic N) is 2. The van der Waals surface area contributed by atoms with Gasteiger partial charge in [0.05, 0.1) is 29.0 Å². The first-order valence-corrected chi connectivity index (χ1v) is 12.4. The molecular formula is C23H19Br2ClN2O3. The Morgan fingerprint density at radius 1 is 0.935 bits per heavy atom. The van der Waals surface area contributed by atoms with E-state index in [9.17, 15) is 14.4 Å². The molecule has 0 unspecified atom stereocenters. The summed E-state index contributed by atoms with van der Waals surface area (Å²) < 4.78 is 0. The lowest BCUT2D eigenvalue weighted by molar-refractivity contribution is -0.156. The van der Waals surface area contributed by atoms with E-state index in [1.165, 1.54) is 5.01 Å². The molecule has 0 aromatic heterocycles. The quantitative estimate of drug-likeness (QED) is 0.399. The molecule has 3 amide bonds. The number of amides is 3. The van der Waals surface area contributed by atoms with Crippen molar-refractivity contribution in [2.45, 2.75) is 22.6 Å². The number of rotatable bonds is 4. The Morgan fingerprint density at radius 3 is 2.06 bits per heavy atom. The second-order valence-corrected chi connectivity index (χ2v) is 10.8. The first-order chi connectivity index (χ1) is 14.9. The van der Waals surface area contributed by atoms with Gasteiger partial charge >= 0.3 is 0 Å². The first kappa shape index (κ1) is 21.2. The molecule has 2 saturated carbocycles. The van der Waals surface area contributed by atoms with Gasteiger partial charge in [-0.05, 0) is 36.0 Å². The highest BCUT2D eigenvalue weighted by atomic mass is 79.9. The molecule has 3 fully saturated rings. The Labute approximate surface area is 201 Å². The number of carbonyl (C=O) groups excluding carboxylic acids is 3. The summed E-state index contributed by atoms with van der Waals surface area (Å²) in [6.45, 7) is 0.104. The number of benzene rings is 2. The van der Waals surface area contributed by atoms with E-state index in [1.54, 1.807) is 24.3 Å². The van der Waals surface area contributed by atoms with Crippen LogP contribution < -0.4 is 0 Å². The van der Waals surface area contributed by atoms with Gasteiger partial charge in [0.15, 0.2) is 0 Å². The van der Waals surface area contributed by atoms with E-state index in [0.717, 1.165) is 17.0 Å². The number of alkyl halides is 2. The van der Waals surface area contributed by atoms with Crippen molar-refractivity contribution in [3.63, 3.8) is 0 Å². The molecule has 0 spiro atoms. The molecule has 1 heterocycles. The number of imide groups is 1. The number of fused-ring (bicyclic) bond motifs is 5. The summed E-state index contributed by atoms with van der Waals surface area (Å²) >= 11 is 13.7. The molecule has 2 aromatic rings. The van der Waals surface area contributed by atoms with E-state index in [-0.39, 0.29) is 50.4 Å². The lowest BCUT2D eigenvalue weighted by Crippen LogP contribution is -2.50. The molecule has 160 valence electrons. The lowest BCUT2D eigenvalue weighted by atomic mass is 9.81. The zero-order valence-electron chi connectivity index (χ0n) is 16.3. The van der Waals surface area contributed by atoms with Crippen molar-refractivity contribution < 1.29 is 14.4 Å². The summed E-state index contributed by atoms with van der Waals surface area (Å²) in [6, 6.07) is 16.0. The minimum absolute atomic E-state index is 0.0785. The van der Waals surface area contributed by atoms with Gasteiger partial charge < -0.3 is 0 Å². The van der Waals surface area contributed by atoms with Gasteiger partial charge in [0, 0.05) is 9.65 Å². The Bertz CT molecular complexity index is 1030. The molecular weight excluding hydrogens is 548 g/mol. The Morgan fingerprint density at radius 2 is 1.48 bits per heavy atom. The summed E-state index contributed by atoms with van der Waals surface area (Å²) in [5, 5.41) is 2.65. The molecule has 5 nitrogen and oxygen atoms in total. The third kappa shape index (κ3) is 3.28. The fourth-order valence-corrected chi connectivity index (χ4v) is 7.42. The van der Waals surface area contributed by atoms with Crippen molar-refractivity contribution in [1.29, 1.82) is 0 Å². The fraction of sp³-hybridized carbons (Fsp3) is 0.348. The molecule has 31 heavy (non-hydrogen) atoms. The average Bonchev–Trinajstić information content (AvgIpc) is 3.38. The summed E-state index contributed by atoms with van der Waals surface area (Å²) in [6.07, 6.45) is 0.837. The van der Waals surface area contributed by atoms with Gasteiger partial charge in [-0.15, -0.1) is 0 Å². The monoisotopic (exact) mass is 564 g/mol. The van der Waals surface area contributed by atoms with Crippen molar-refractivity contribution in [1.82, 2.24) is 10.0 Å². The van der Waals surface area contributed by atoms with E-state index in [0.29, 0.717) is 0 Å². The molecule has 0 radical (unpaired) electrons. The molecule has 2 aromatic carbocycles. The molecule has 5 rings (SSSR count). The largest absolute Gasteiger partial charge is 0.274 e.